The van der Waals surface area contributed by atoms with Crippen molar-refractivity contribution in [3.8, 4) is 11.4 Å². The largest absolute Gasteiger partial charge is 0.444 e. The summed E-state index contributed by atoms with van der Waals surface area (Å²) in [5.41, 5.74) is 1.47. The third-order valence-electron chi connectivity index (χ3n) is 4.61. The summed E-state index contributed by atoms with van der Waals surface area (Å²) in [7, 11) is 0. The molecule has 0 aliphatic carbocycles. The van der Waals surface area contributed by atoms with Crippen LogP contribution < -0.4 is 0 Å². The van der Waals surface area contributed by atoms with Crippen molar-refractivity contribution < 1.29 is 14.3 Å². The lowest BCUT2D eigenvalue weighted by Crippen LogP contribution is -2.52. The van der Waals surface area contributed by atoms with Gasteiger partial charge in [0.1, 0.15) is 12.1 Å². The Morgan fingerprint density at radius 2 is 1.83 bits per heavy atom. The van der Waals surface area contributed by atoms with Crippen LogP contribution in [0.25, 0.3) is 11.4 Å². The van der Waals surface area contributed by atoms with Gasteiger partial charge < -0.3 is 14.5 Å². The first-order valence-corrected chi connectivity index (χ1v) is 10.0. The third kappa shape index (κ3) is 5.23. The number of H-pyrrole nitrogens is 1. The van der Waals surface area contributed by atoms with Crippen molar-refractivity contribution >= 4 is 24.2 Å². The summed E-state index contributed by atoms with van der Waals surface area (Å²) in [6.45, 7) is 9.44. The summed E-state index contributed by atoms with van der Waals surface area (Å²) < 4.78 is 7.52. The van der Waals surface area contributed by atoms with Gasteiger partial charge in [-0.2, -0.15) is 5.10 Å². The number of hydrogen-bond acceptors (Lipinski definition) is 5. The summed E-state index contributed by atoms with van der Waals surface area (Å²) in [4.78, 5) is 28.4. The second-order valence-electron chi connectivity index (χ2n) is 8.16. The number of rotatable bonds is 3. The number of piperazine rings is 1. The van der Waals surface area contributed by atoms with Crippen LogP contribution in [-0.2, 0) is 16.1 Å². The Morgan fingerprint density at radius 3 is 2.45 bits per heavy atom. The van der Waals surface area contributed by atoms with Crippen molar-refractivity contribution in [2.24, 2.45) is 0 Å². The van der Waals surface area contributed by atoms with Gasteiger partial charge in [0.05, 0.1) is 0 Å². The number of aryl methyl sites for hydroxylation is 1. The van der Waals surface area contributed by atoms with Gasteiger partial charge in [0, 0.05) is 31.7 Å². The molecule has 1 aromatic carbocycles. The van der Waals surface area contributed by atoms with E-state index in [1.54, 1.807) is 14.4 Å². The lowest BCUT2D eigenvalue weighted by Gasteiger charge is -2.35. The second-order valence-corrected chi connectivity index (χ2v) is 8.54. The van der Waals surface area contributed by atoms with Crippen molar-refractivity contribution in [2.45, 2.75) is 39.8 Å². The van der Waals surface area contributed by atoms with Gasteiger partial charge in [-0.1, -0.05) is 23.8 Å². The topological polar surface area (TPSA) is 83.5 Å². The monoisotopic (exact) mass is 417 g/mol. The molecule has 0 spiro atoms. The number of amides is 2. The number of benzene rings is 1. The number of carbonyl (C=O) groups is 2. The number of aromatic nitrogens is 3. The molecule has 1 saturated heterocycles. The van der Waals surface area contributed by atoms with E-state index in [1.807, 2.05) is 52.0 Å². The van der Waals surface area contributed by atoms with Crippen molar-refractivity contribution in [1.82, 2.24) is 24.6 Å². The highest BCUT2D eigenvalue weighted by Crippen LogP contribution is 2.19. The van der Waals surface area contributed by atoms with Gasteiger partial charge in [0.2, 0.25) is 5.91 Å². The molecule has 2 heterocycles. The van der Waals surface area contributed by atoms with E-state index in [1.165, 1.54) is 0 Å². The number of carbonyl (C=O) groups excluding carboxylic acids is 2. The zero-order chi connectivity index (χ0) is 21.2. The van der Waals surface area contributed by atoms with Crippen LogP contribution in [0.4, 0.5) is 4.79 Å². The highest BCUT2D eigenvalue weighted by molar-refractivity contribution is 7.71. The van der Waals surface area contributed by atoms with E-state index < -0.39 is 5.60 Å². The van der Waals surface area contributed by atoms with Gasteiger partial charge in [0.15, 0.2) is 10.6 Å². The van der Waals surface area contributed by atoms with Gasteiger partial charge in [0.25, 0.3) is 0 Å². The van der Waals surface area contributed by atoms with Crippen molar-refractivity contribution in [2.75, 3.05) is 26.2 Å². The summed E-state index contributed by atoms with van der Waals surface area (Å²) in [5.74, 6) is 0.583. The molecular weight excluding hydrogens is 390 g/mol. The van der Waals surface area contributed by atoms with Gasteiger partial charge >= 0.3 is 6.09 Å². The molecular formula is C20H27N5O3S. The quantitative estimate of drug-likeness (QED) is 0.776. The molecule has 0 radical (unpaired) electrons. The van der Waals surface area contributed by atoms with Gasteiger partial charge in [-0.05, 0) is 46.0 Å². The molecule has 1 N–H and O–H groups in total. The van der Waals surface area contributed by atoms with Crippen LogP contribution in [0.3, 0.4) is 0 Å². The number of aromatic amines is 1. The molecule has 156 valence electrons. The number of ether oxygens (including phenoxy) is 1. The molecule has 0 unspecified atom stereocenters. The van der Waals surface area contributed by atoms with Crippen LogP contribution in [0.1, 0.15) is 26.3 Å². The Labute approximate surface area is 175 Å². The predicted octanol–water partition coefficient (Wildman–Crippen LogP) is 3.00. The Morgan fingerprint density at radius 1 is 1.17 bits per heavy atom. The fraction of sp³-hybridized carbons (Fsp3) is 0.500. The second kappa shape index (κ2) is 8.36. The average Bonchev–Trinajstić information content (AvgIpc) is 3.01. The van der Waals surface area contributed by atoms with Gasteiger partial charge in [-0.25, -0.2) is 4.79 Å². The molecule has 9 heteroatoms. The lowest BCUT2D eigenvalue weighted by molar-refractivity contribution is -0.133. The minimum Gasteiger partial charge on any atom is -0.444 e. The van der Waals surface area contributed by atoms with E-state index in [0.29, 0.717) is 36.8 Å². The molecule has 3 rings (SSSR count). The van der Waals surface area contributed by atoms with E-state index in [4.69, 9.17) is 17.0 Å². The van der Waals surface area contributed by atoms with E-state index >= 15 is 0 Å². The molecule has 1 aliphatic rings. The van der Waals surface area contributed by atoms with Crippen LogP contribution in [0.2, 0.25) is 0 Å². The molecule has 8 nitrogen and oxygen atoms in total. The zero-order valence-corrected chi connectivity index (χ0v) is 18.1. The average molecular weight is 418 g/mol. The van der Waals surface area contributed by atoms with Gasteiger partial charge in [-0.3, -0.25) is 14.5 Å². The van der Waals surface area contributed by atoms with Crippen molar-refractivity contribution in [1.29, 1.82) is 0 Å². The van der Waals surface area contributed by atoms with E-state index in [2.05, 4.69) is 10.2 Å². The standard InChI is InChI=1S/C20H27N5O3S/c1-14-6-5-7-15(12-14)17-21-22-18(29)25(17)13-16(26)23-8-10-24(11-9-23)19(27)28-20(2,3)4/h5-7,12H,8-11,13H2,1-4H3,(H,22,29). The Kier molecular flexibility index (Phi) is 6.07. The molecule has 2 amide bonds. The summed E-state index contributed by atoms with van der Waals surface area (Å²) in [5, 5.41) is 7.08. The van der Waals surface area contributed by atoms with Crippen molar-refractivity contribution in [3.63, 3.8) is 0 Å². The summed E-state index contributed by atoms with van der Waals surface area (Å²) >= 11 is 5.33. The van der Waals surface area contributed by atoms with Crippen LogP contribution in [0, 0.1) is 11.7 Å². The first-order valence-electron chi connectivity index (χ1n) is 9.62. The minimum absolute atomic E-state index is 0.0553. The van der Waals surface area contributed by atoms with Crippen molar-refractivity contribution in [3.05, 3.63) is 34.6 Å². The lowest BCUT2D eigenvalue weighted by atomic mass is 10.1. The number of nitrogens with one attached hydrogen (secondary N) is 1. The Balaban J connectivity index is 1.65. The van der Waals surface area contributed by atoms with E-state index in [0.717, 1.165) is 11.1 Å². The maximum absolute atomic E-state index is 12.9. The first kappa shape index (κ1) is 21.0. The molecule has 2 aromatic rings. The Hall–Kier alpha value is -2.68. The first-order chi connectivity index (χ1) is 13.6. The third-order valence-corrected chi connectivity index (χ3v) is 4.92. The fourth-order valence-electron chi connectivity index (χ4n) is 3.17. The molecule has 0 bridgehead atoms. The molecule has 1 aromatic heterocycles. The summed E-state index contributed by atoms with van der Waals surface area (Å²) in [6, 6.07) is 7.90. The number of nitrogens with zero attached hydrogens (tertiary/aromatic N) is 4. The highest BCUT2D eigenvalue weighted by atomic mass is 32.1. The van der Waals surface area contributed by atoms with Gasteiger partial charge in [-0.15, -0.1) is 0 Å². The maximum Gasteiger partial charge on any atom is 0.410 e. The molecule has 0 saturated carbocycles. The van der Waals surface area contributed by atoms with E-state index in [9.17, 15) is 9.59 Å². The molecule has 1 fully saturated rings. The van der Waals surface area contributed by atoms with Crippen LogP contribution >= 0.6 is 12.2 Å². The highest BCUT2D eigenvalue weighted by Gasteiger charge is 2.28. The van der Waals surface area contributed by atoms with E-state index in [-0.39, 0.29) is 18.5 Å². The van der Waals surface area contributed by atoms with Crippen LogP contribution in [-0.4, -0.2) is 68.3 Å². The normalized spacial score (nSPS) is 14.8. The SMILES string of the molecule is Cc1cccc(-c2n[nH]c(=S)n2CC(=O)N2CCN(C(=O)OC(C)(C)C)CC2)c1. The maximum atomic E-state index is 12.9. The number of hydrogen-bond donors (Lipinski definition) is 1. The fourth-order valence-corrected chi connectivity index (χ4v) is 3.37. The molecule has 29 heavy (non-hydrogen) atoms. The van der Waals surface area contributed by atoms with Crippen LogP contribution in [0.15, 0.2) is 24.3 Å². The zero-order valence-electron chi connectivity index (χ0n) is 17.3. The minimum atomic E-state index is -0.534. The Bertz CT molecular complexity index is 952. The van der Waals surface area contributed by atoms with Crippen LogP contribution in [0.5, 0.6) is 0 Å². The molecule has 1 aliphatic heterocycles. The molecule has 0 atom stereocenters. The summed E-state index contributed by atoms with van der Waals surface area (Å²) in [6.07, 6.45) is -0.344. The predicted molar refractivity (Wildman–Crippen MR) is 112 cm³/mol. The smallest absolute Gasteiger partial charge is 0.410 e.